The number of rotatable bonds is 5. The van der Waals surface area contributed by atoms with Gasteiger partial charge in [-0.3, -0.25) is 0 Å². The van der Waals surface area contributed by atoms with E-state index in [-0.39, 0.29) is 35.5 Å². The maximum absolute atomic E-state index is 5.36. The molecule has 2 aliphatic carbocycles. The Kier molecular flexibility index (Phi) is 15.5. The number of ether oxygens (including phenoxy) is 1. The van der Waals surface area contributed by atoms with E-state index in [0.29, 0.717) is 12.1 Å². The van der Waals surface area contributed by atoms with Crippen LogP contribution in [-0.4, -0.2) is 53.9 Å². The smallest absolute Gasteiger partial charge is 1.00 e. The molecule has 5 rings (SSSR count). The summed E-state index contributed by atoms with van der Waals surface area (Å²) in [5.41, 5.74) is 1.14. The van der Waals surface area contributed by atoms with Gasteiger partial charge in [-0.25, -0.2) is 0 Å². The Hall–Kier alpha value is -0.644. The number of hydrogen-bond donors (Lipinski definition) is 0. The van der Waals surface area contributed by atoms with Crippen LogP contribution in [0, 0.1) is 0 Å². The van der Waals surface area contributed by atoms with Gasteiger partial charge in [0.05, 0.1) is 0 Å². The van der Waals surface area contributed by atoms with E-state index < -0.39 is 7.92 Å². The molecule has 6 heteroatoms. The molecule has 0 aromatic heterocycles. The van der Waals surface area contributed by atoms with E-state index >= 15 is 0 Å². The van der Waals surface area contributed by atoms with Crippen molar-refractivity contribution in [2.75, 3.05) is 13.2 Å². The monoisotopic (exact) mass is 522 g/mol. The molecule has 2 aromatic carbocycles. The quantitative estimate of drug-likeness (QED) is 0.253. The zero-order valence-electron chi connectivity index (χ0n) is 21.2. The molecule has 1 aliphatic heterocycles. The minimum Gasteiger partial charge on any atom is -1.00 e. The van der Waals surface area contributed by atoms with Crippen molar-refractivity contribution < 1.29 is 17.1 Å². The number of hydrogen-bond acceptors (Lipinski definition) is 2. The molecule has 2 aromatic rings. The Bertz CT molecular complexity index is 776. The first-order valence-corrected chi connectivity index (χ1v) is 14.5. The van der Waals surface area contributed by atoms with Crippen LogP contribution in [0.25, 0.3) is 5.32 Å². The third kappa shape index (κ3) is 10.3. The molecule has 0 radical (unpaired) electrons. The van der Waals surface area contributed by atoms with Gasteiger partial charge in [0.2, 0.25) is 0 Å². The van der Waals surface area contributed by atoms with E-state index in [2.05, 4.69) is 60.7 Å². The third-order valence-electron chi connectivity index (χ3n) is 6.80. The van der Waals surface area contributed by atoms with E-state index in [9.17, 15) is 0 Å². The first kappa shape index (κ1) is 30.6. The third-order valence-corrected chi connectivity index (χ3v) is 9.06. The van der Waals surface area contributed by atoms with E-state index in [4.69, 9.17) is 15.0 Å². The fraction of sp³-hybridized carbons (Fsp3) is 0.552. The molecule has 186 valence electrons. The number of aliphatic imine (C=N–C) groups is 1. The Morgan fingerprint density at radius 2 is 1.17 bits per heavy atom. The van der Waals surface area contributed by atoms with Crippen LogP contribution in [0.2, 0.25) is 0 Å². The van der Waals surface area contributed by atoms with Gasteiger partial charge in [0.25, 0.3) is 0 Å². The molecule has 0 spiro atoms. The molecule has 1 heterocycles. The maximum atomic E-state index is 5.36. The first-order valence-electron chi connectivity index (χ1n) is 13.2. The van der Waals surface area contributed by atoms with Gasteiger partial charge in [-0.2, -0.15) is 0 Å². The number of nitrogens with zero attached hydrogens (tertiary/aromatic N) is 2. The first-order chi connectivity index (χ1) is 16.4. The van der Waals surface area contributed by atoms with Crippen molar-refractivity contribution in [3.63, 3.8) is 0 Å². The SMILES string of the molecule is C1CCOC1.[Cl-].[Mg+2].c1ccc(P(C(=NC2CCCCC2)[N-]C2CCCCC2)c2ccccc2)cc1. The normalized spacial score (nSPS) is 19.2. The van der Waals surface area contributed by atoms with Gasteiger partial charge >= 0.3 is 23.1 Å². The fourth-order valence-corrected chi connectivity index (χ4v) is 7.20. The summed E-state index contributed by atoms with van der Waals surface area (Å²) in [7, 11) is -0.681. The van der Waals surface area contributed by atoms with Crippen molar-refractivity contribution in [2.45, 2.75) is 89.1 Å². The predicted molar refractivity (Wildman–Crippen MR) is 149 cm³/mol. The number of halogens is 1. The average molecular weight is 523 g/mol. The zero-order chi connectivity index (χ0) is 22.6. The van der Waals surface area contributed by atoms with Crippen LogP contribution >= 0.6 is 7.92 Å². The topological polar surface area (TPSA) is 35.7 Å². The van der Waals surface area contributed by atoms with Gasteiger partial charge in [0.1, 0.15) is 0 Å². The zero-order valence-corrected chi connectivity index (χ0v) is 24.2. The second-order valence-corrected chi connectivity index (χ2v) is 11.6. The number of benzene rings is 2. The van der Waals surface area contributed by atoms with Crippen LogP contribution < -0.4 is 23.0 Å². The summed E-state index contributed by atoms with van der Waals surface area (Å²) in [4.78, 5) is 5.36. The molecular weight excluding hydrogens is 483 g/mol. The predicted octanol–water partition coefficient (Wildman–Crippen LogP) is 3.93. The van der Waals surface area contributed by atoms with Gasteiger partial charge < -0.3 is 27.5 Å². The van der Waals surface area contributed by atoms with Crippen LogP contribution in [0.1, 0.15) is 77.0 Å². The molecular formula is C29H40ClMgN2OP. The van der Waals surface area contributed by atoms with Crippen molar-refractivity contribution in [1.29, 1.82) is 0 Å². The number of amidine groups is 1. The summed E-state index contributed by atoms with van der Waals surface area (Å²) in [5, 5.41) is 8.11. The summed E-state index contributed by atoms with van der Waals surface area (Å²) in [6.07, 6.45) is 15.5. The molecule has 0 bridgehead atoms. The molecule has 0 unspecified atom stereocenters. The molecule has 2 saturated carbocycles. The molecule has 3 nitrogen and oxygen atoms in total. The van der Waals surface area contributed by atoms with E-state index in [1.807, 2.05) is 0 Å². The van der Waals surface area contributed by atoms with Crippen molar-refractivity contribution in [1.82, 2.24) is 0 Å². The van der Waals surface area contributed by atoms with Gasteiger partial charge in [0, 0.05) is 13.2 Å². The largest absolute Gasteiger partial charge is 2.00 e. The molecule has 0 N–H and O–H groups in total. The van der Waals surface area contributed by atoms with Gasteiger partial charge in [0.15, 0.2) is 0 Å². The fourth-order valence-electron chi connectivity index (χ4n) is 4.94. The Labute approximate surface area is 236 Å². The van der Waals surface area contributed by atoms with Crippen LogP contribution in [0.3, 0.4) is 0 Å². The van der Waals surface area contributed by atoms with Crippen LogP contribution in [0.15, 0.2) is 65.7 Å². The second kappa shape index (κ2) is 17.7. The minimum absolute atomic E-state index is 0. The average Bonchev–Trinajstić information content (AvgIpc) is 3.47. The van der Waals surface area contributed by atoms with Crippen LogP contribution in [-0.2, 0) is 4.74 Å². The molecule has 0 amide bonds. The molecule has 3 aliphatic rings. The summed E-state index contributed by atoms with van der Waals surface area (Å²) in [6, 6.07) is 22.9. The summed E-state index contributed by atoms with van der Waals surface area (Å²) >= 11 is 0. The molecule has 35 heavy (non-hydrogen) atoms. The van der Waals surface area contributed by atoms with Crippen molar-refractivity contribution in [3.8, 4) is 0 Å². The van der Waals surface area contributed by atoms with Crippen molar-refractivity contribution >= 4 is 47.2 Å². The summed E-state index contributed by atoms with van der Waals surface area (Å²) in [6.45, 7) is 2.00. The van der Waals surface area contributed by atoms with Crippen molar-refractivity contribution in [3.05, 3.63) is 66.0 Å². The van der Waals surface area contributed by atoms with E-state index in [1.54, 1.807) is 0 Å². The van der Waals surface area contributed by atoms with Gasteiger partial charge in [-0.1, -0.05) is 130 Å². The summed E-state index contributed by atoms with van der Waals surface area (Å²) in [5.74, 6) is 0. The minimum atomic E-state index is -0.681. The molecule has 1 saturated heterocycles. The maximum Gasteiger partial charge on any atom is 2.00 e. The van der Waals surface area contributed by atoms with Crippen molar-refractivity contribution in [2.24, 2.45) is 4.99 Å². The standard InChI is InChI=1S/C25H32N2P.C4H8O.ClH.Mg/c1-5-13-21(14-6-1)26-25(27-22-15-7-2-8-16-22)28(23-17-9-3-10-18-23)24-19-11-4-12-20-24;1-2-4-5-3-1;;/h3-4,9-12,17-22H,1-2,5-8,13-16H2;1-4H2;1H;/q-1;;;+2/p-1. The Morgan fingerprint density at radius 1 is 0.686 bits per heavy atom. The Balaban J connectivity index is 0.000000551. The van der Waals surface area contributed by atoms with Gasteiger partial charge in [-0.05, 0) is 43.5 Å². The van der Waals surface area contributed by atoms with Gasteiger partial charge in [-0.15, -0.1) is 0 Å². The van der Waals surface area contributed by atoms with E-state index in [0.717, 1.165) is 18.8 Å². The Morgan fingerprint density at radius 3 is 1.63 bits per heavy atom. The second-order valence-electron chi connectivity index (χ2n) is 9.47. The molecule has 0 atom stereocenters. The van der Waals surface area contributed by atoms with Crippen LogP contribution in [0.5, 0.6) is 0 Å². The van der Waals surface area contributed by atoms with E-state index in [1.165, 1.54) is 87.7 Å². The molecule has 3 fully saturated rings. The van der Waals surface area contributed by atoms with Crippen LogP contribution in [0.4, 0.5) is 0 Å². The summed E-state index contributed by atoms with van der Waals surface area (Å²) < 4.78 is 4.94.